The molecule has 0 bridgehead atoms. The quantitative estimate of drug-likeness (QED) is 0.673. The van der Waals surface area contributed by atoms with E-state index >= 15 is 0 Å². The Morgan fingerprint density at radius 3 is 2.60 bits per heavy atom. The van der Waals surface area contributed by atoms with Crippen LogP contribution < -0.4 is 10.6 Å². The molecule has 0 saturated heterocycles. The third-order valence-corrected chi connectivity index (χ3v) is 3.09. The molecule has 7 heteroatoms. The van der Waals surface area contributed by atoms with Crippen LogP contribution in [0.5, 0.6) is 0 Å². The van der Waals surface area contributed by atoms with Gasteiger partial charge in [0.1, 0.15) is 0 Å². The Labute approximate surface area is 131 Å². The summed E-state index contributed by atoms with van der Waals surface area (Å²) in [5.41, 5.74) is -0.244. The van der Waals surface area contributed by atoms with Gasteiger partial charge in [-0.05, 0) is 54.6 Å². The van der Waals surface area contributed by atoms with Gasteiger partial charge in [-0.3, -0.25) is 0 Å². The number of benzene rings is 1. The highest BCUT2D eigenvalue weighted by molar-refractivity contribution is 14.1. The average Bonchev–Trinajstić information content (AvgIpc) is 2.30. The fourth-order valence-corrected chi connectivity index (χ4v) is 2.15. The predicted octanol–water partition coefficient (Wildman–Crippen LogP) is 2.54. The smallest absolute Gasteiger partial charge is 0.337 e. The van der Waals surface area contributed by atoms with Crippen LogP contribution in [-0.2, 0) is 4.74 Å². The number of aromatic carboxylic acids is 1. The molecule has 0 fully saturated rings. The summed E-state index contributed by atoms with van der Waals surface area (Å²) in [6.45, 7) is 3.96. The number of carboxylic acid groups (broad SMARTS) is 1. The summed E-state index contributed by atoms with van der Waals surface area (Å²) in [5.74, 6) is -1.09. The van der Waals surface area contributed by atoms with E-state index in [1.807, 2.05) is 36.4 Å². The van der Waals surface area contributed by atoms with Crippen LogP contribution in [0, 0.1) is 3.57 Å². The molecule has 0 spiro atoms. The van der Waals surface area contributed by atoms with Crippen LogP contribution in [0.1, 0.15) is 24.2 Å². The van der Waals surface area contributed by atoms with Gasteiger partial charge in [-0.2, -0.15) is 0 Å². The topological polar surface area (TPSA) is 87.7 Å². The van der Waals surface area contributed by atoms with Crippen LogP contribution >= 0.6 is 22.6 Å². The molecule has 1 aromatic rings. The van der Waals surface area contributed by atoms with Gasteiger partial charge in [0.2, 0.25) is 0 Å². The van der Waals surface area contributed by atoms with Gasteiger partial charge >= 0.3 is 12.0 Å². The highest BCUT2D eigenvalue weighted by Crippen LogP contribution is 2.19. The molecular weight excluding hydrogens is 375 g/mol. The van der Waals surface area contributed by atoms with E-state index in [4.69, 9.17) is 9.84 Å². The molecule has 3 N–H and O–H groups in total. The molecular formula is C13H17IN2O4. The van der Waals surface area contributed by atoms with E-state index in [-0.39, 0.29) is 11.3 Å². The SMILES string of the molecule is COCC(C)(C)NC(=O)Nc1ccc(I)cc1C(=O)O. The number of hydrogen-bond donors (Lipinski definition) is 3. The highest BCUT2D eigenvalue weighted by atomic mass is 127. The first-order valence-corrected chi connectivity index (χ1v) is 6.94. The average molecular weight is 392 g/mol. The first-order valence-electron chi connectivity index (χ1n) is 5.86. The molecule has 0 aliphatic carbocycles. The highest BCUT2D eigenvalue weighted by Gasteiger charge is 2.21. The van der Waals surface area contributed by atoms with Gasteiger partial charge in [-0.1, -0.05) is 0 Å². The van der Waals surface area contributed by atoms with Gasteiger partial charge in [0.05, 0.1) is 23.4 Å². The lowest BCUT2D eigenvalue weighted by molar-refractivity contribution is 0.0698. The number of carbonyl (C=O) groups excluding carboxylic acids is 1. The van der Waals surface area contributed by atoms with Crippen LogP contribution in [0.15, 0.2) is 18.2 Å². The number of hydrogen-bond acceptors (Lipinski definition) is 3. The van der Waals surface area contributed by atoms with Crippen molar-refractivity contribution in [3.05, 3.63) is 27.3 Å². The Hall–Kier alpha value is -1.35. The van der Waals surface area contributed by atoms with Crippen molar-refractivity contribution in [2.45, 2.75) is 19.4 Å². The molecule has 6 nitrogen and oxygen atoms in total. The molecule has 0 unspecified atom stereocenters. The van der Waals surface area contributed by atoms with Crippen LogP contribution in [-0.4, -0.2) is 36.4 Å². The predicted molar refractivity (Wildman–Crippen MR) is 84.2 cm³/mol. The Balaban J connectivity index is 2.83. The lowest BCUT2D eigenvalue weighted by Gasteiger charge is -2.25. The fourth-order valence-electron chi connectivity index (χ4n) is 1.66. The summed E-state index contributed by atoms with van der Waals surface area (Å²) in [5, 5.41) is 14.4. The lowest BCUT2D eigenvalue weighted by Crippen LogP contribution is -2.48. The van der Waals surface area contributed by atoms with Crippen molar-refractivity contribution in [3.8, 4) is 0 Å². The van der Waals surface area contributed by atoms with E-state index in [2.05, 4.69) is 10.6 Å². The van der Waals surface area contributed by atoms with E-state index in [9.17, 15) is 9.59 Å². The lowest BCUT2D eigenvalue weighted by atomic mass is 10.1. The number of anilines is 1. The molecule has 0 saturated carbocycles. The Morgan fingerprint density at radius 1 is 1.40 bits per heavy atom. The van der Waals surface area contributed by atoms with Gasteiger partial charge < -0.3 is 20.5 Å². The molecule has 20 heavy (non-hydrogen) atoms. The monoisotopic (exact) mass is 392 g/mol. The number of halogens is 1. The van der Waals surface area contributed by atoms with Crippen LogP contribution in [0.3, 0.4) is 0 Å². The molecule has 0 atom stereocenters. The largest absolute Gasteiger partial charge is 0.478 e. The van der Waals surface area contributed by atoms with Crippen LogP contribution in [0.2, 0.25) is 0 Å². The first kappa shape index (κ1) is 16.7. The Bertz CT molecular complexity index is 517. The molecule has 0 heterocycles. The second-order valence-electron chi connectivity index (χ2n) is 4.89. The molecule has 0 aliphatic heterocycles. The molecule has 1 rings (SSSR count). The maximum absolute atomic E-state index is 11.9. The van der Waals surface area contributed by atoms with Gasteiger partial charge in [0, 0.05) is 10.7 Å². The van der Waals surface area contributed by atoms with E-state index < -0.39 is 17.5 Å². The van der Waals surface area contributed by atoms with E-state index in [1.165, 1.54) is 6.07 Å². The minimum Gasteiger partial charge on any atom is -0.478 e. The summed E-state index contributed by atoms with van der Waals surface area (Å²) in [6, 6.07) is 4.31. The third kappa shape index (κ3) is 4.97. The minimum absolute atomic E-state index is 0.0524. The number of nitrogens with one attached hydrogen (secondary N) is 2. The van der Waals surface area contributed by atoms with Crippen molar-refractivity contribution in [2.24, 2.45) is 0 Å². The molecule has 0 aromatic heterocycles. The number of carbonyl (C=O) groups is 2. The maximum atomic E-state index is 11.9. The van der Waals surface area contributed by atoms with Gasteiger partial charge in [0.15, 0.2) is 0 Å². The van der Waals surface area contributed by atoms with Gasteiger partial charge in [-0.25, -0.2) is 9.59 Å². The van der Waals surface area contributed by atoms with Crippen molar-refractivity contribution in [1.82, 2.24) is 5.32 Å². The number of methoxy groups -OCH3 is 1. The fraction of sp³-hybridized carbons (Fsp3) is 0.385. The van der Waals surface area contributed by atoms with Gasteiger partial charge in [0.25, 0.3) is 0 Å². The summed E-state index contributed by atoms with van der Waals surface area (Å²) < 4.78 is 5.78. The first-order chi connectivity index (χ1) is 9.25. The third-order valence-electron chi connectivity index (χ3n) is 2.42. The van der Waals surface area contributed by atoms with E-state index in [1.54, 1.807) is 19.2 Å². The number of ether oxygens (including phenoxy) is 1. The molecule has 1 aromatic carbocycles. The summed E-state index contributed by atoms with van der Waals surface area (Å²) in [6.07, 6.45) is 0. The molecule has 2 amide bonds. The minimum atomic E-state index is -1.09. The number of urea groups is 1. The van der Waals surface area contributed by atoms with Gasteiger partial charge in [-0.15, -0.1) is 0 Å². The number of rotatable bonds is 5. The summed E-state index contributed by atoms with van der Waals surface area (Å²) in [7, 11) is 1.54. The standard InChI is InChI=1S/C13H17IN2O4/c1-13(2,7-20-3)16-12(19)15-10-5-4-8(14)6-9(10)11(17)18/h4-6H,7H2,1-3H3,(H,17,18)(H2,15,16,19). The molecule has 0 aliphatic rings. The maximum Gasteiger partial charge on any atom is 0.337 e. The molecule has 110 valence electrons. The van der Waals surface area contributed by atoms with E-state index in [0.717, 1.165) is 3.57 Å². The summed E-state index contributed by atoms with van der Waals surface area (Å²) in [4.78, 5) is 23.0. The normalized spacial score (nSPS) is 11.0. The van der Waals surface area contributed by atoms with Crippen molar-refractivity contribution < 1.29 is 19.4 Å². The summed E-state index contributed by atoms with van der Waals surface area (Å²) >= 11 is 2.01. The van der Waals surface area contributed by atoms with Crippen molar-refractivity contribution in [2.75, 3.05) is 19.0 Å². The van der Waals surface area contributed by atoms with Crippen molar-refractivity contribution >= 4 is 40.3 Å². The number of carboxylic acids is 1. The van der Waals surface area contributed by atoms with Crippen molar-refractivity contribution in [3.63, 3.8) is 0 Å². The van der Waals surface area contributed by atoms with Crippen LogP contribution in [0.4, 0.5) is 10.5 Å². The van der Waals surface area contributed by atoms with Crippen LogP contribution in [0.25, 0.3) is 0 Å². The van der Waals surface area contributed by atoms with Crippen molar-refractivity contribution in [1.29, 1.82) is 0 Å². The zero-order valence-electron chi connectivity index (χ0n) is 11.5. The Morgan fingerprint density at radius 2 is 2.05 bits per heavy atom. The number of amides is 2. The zero-order valence-corrected chi connectivity index (χ0v) is 13.6. The Kier molecular flexibility index (Phi) is 5.75. The second kappa shape index (κ2) is 6.89. The zero-order chi connectivity index (χ0) is 15.3. The second-order valence-corrected chi connectivity index (χ2v) is 6.14. The molecule has 0 radical (unpaired) electrons. The van der Waals surface area contributed by atoms with E-state index in [0.29, 0.717) is 6.61 Å².